The number of aromatic carboxylic acids is 1. The van der Waals surface area contributed by atoms with Gasteiger partial charge in [0.2, 0.25) is 5.91 Å². The fourth-order valence-corrected chi connectivity index (χ4v) is 3.37. The number of nitrogens with zero attached hydrogens (tertiary/aromatic N) is 2. The first kappa shape index (κ1) is 14.3. The number of rotatable bonds is 3. The Balaban J connectivity index is 2.28. The molecule has 9 heteroatoms. The van der Waals surface area contributed by atoms with Crippen LogP contribution in [0.25, 0.3) is 0 Å². The molecule has 108 valence electrons. The van der Waals surface area contributed by atoms with Gasteiger partial charge in [-0.25, -0.2) is 22.9 Å². The quantitative estimate of drug-likeness (QED) is 0.741. The zero-order valence-corrected chi connectivity index (χ0v) is 11.3. The zero-order chi connectivity index (χ0) is 15.1. The number of carbonyl (C=O) groups excluding carboxylic acids is 1. The number of carboxylic acids is 1. The maximum absolute atomic E-state index is 12.0. The van der Waals surface area contributed by atoms with E-state index in [1.54, 1.807) is 0 Å². The van der Waals surface area contributed by atoms with Gasteiger partial charge in [0.05, 0.1) is 17.4 Å². The van der Waals surface area contributed by atoms with Gasteiger partial charge >= 0.3 is 5.97 Å². The Kier molecular flexibility index (Phi) is 3.38. The summed E-state index contributed by atoms with van der Waals surface area (Å²) >= 11 is 0. The summed E-state index contributed by atoms with van der Waals surface area (Å²) in [7, 11) is -1.86. The van der Waals surface area contributed by atoms with Gasteiger partial charge in [-0.3, -0.25) is 9.59 Å². The van der Waals surface area contributed by atoms with Crippen LogP contribution in [-0.4, -0.2) is 48.6 Å². The molecule has 0 atom stereocenters. The number of pyridine rings is 1. The normalized spacial score (nSPS) is 17.2. The summed E-state index contributed by atoms with van der Waals surface area (Å²) in [5, 5.41) is 9.79. The second kappa shape index (κ2) is 4.75. The van der Waals surface area contributed by atoms with Crippen LogP contribution in [-0.2, 0) is 14.6 Å². The molecule has 1 saturated heterocycles. The van der Waals surface area contributed by atoms with Crippen molar-refractivity contribution in [1.82, 2.24) is 4.68 Å². The van der Waals surface area contributed by atoms with Gasteiger partial charge < -0.3 is 5.11 Å². The summed E-state index contributed by atoms with van der Waals surface area (Å²) in [6.45, 7) is 0. The molecule has 8 nitrogen and oxygen atoms in total. The number of carbonyl (C=O) groups is 2. The molecule has 0 saturated carbocycles. The molecule has 1 aliphatic heterocycles. The largest absolute Gasteiger partial charge is 0.477 e. The molecular formula is C11H12N2O6S. The van der Waals surface area contributed by atoms with Gasteiger partial charge in [0.1, 0.15) is 5.56 Å². The van der Waals surface area contributed by atoms with E-state index >= 15 is 0 Å². The monoisotopic (exact) mass is 300 g/mol. The minimum atomic E-state index is -3.15. The van der Waals surface area contributed by atoms with Crippen LogP contribution >= 0.6 is 0 Å². The average Bonchev–Trinajstić information content (AvgIpc) is 2.34. The van der Waals surface area contributed by atoms with Crippen LogP contribution in [0.1, 0.15) is 10.4 Å². The predicted molar refractivity (Wildman–Crippen MR) is 69.0 cm³/mol. The number of hydrogen-bond donors (Lipinski definition) is 1. The maximum Gasteiger partial charge on any atom is 0.341 e. The molecule has 20 heavy (non-hydrogen) atoms. The van der Waals surface area contributed by atoms with Crippen molar-refractivity contribution in [3.05, 3.63) is 34.2 Å². The summed E-state index contributed by atoms with van der Waals surface area (Å²) in [4.78, 5) is 34.7. The number of sulfone groups is 1. The highest BCUT2D eigenvalue weighted by Crippen LogP contribution is 2.19. The minimum absolute atomic E-state index is 0.246. The van der Waals surface area contributed by atoms with Crippen molar-refractivity contribution >= 4 is 21.7 Å². The van der Waals surface area contributed by atoms with Crippen molar-refractivity contribution in [2.45, 2.75) is 0 Å². The topological polar surface area (TPSA) is 114 Å². The Morgan fingerprint density at radius 3 is 2.50 bits per heavy atom. The van der Waals surface area contributed by atoms with Crippen LogP contribution in [0.4, 0.5) is 0 Å². The van der Waals surface area contributed by atoms with Crippen LogP contribution in [0.5, 0.6) is 0 Å². The van der Waals surface area contributed by atoms with Gasteiger partial charge in [0.25, 0.3) is 5.56 Å². The van der Waals surface area contributed by atoms with Crippen molar-refractivity contribution in [3.63, 3.8) is 0 Å². The Bertz CT molecular complexity index is 724. The van der Waals surface area contributed by atoms with Crippen LogP contribution in [0.15, 0.2) is 23.1 Å². The number of hydrogen-bond acceptors (Lipinski definition) is 5. The van der Waals surface area contributed by atoms with E-state index in [0.717, 1.165) is 15.8 Å². The molecule has 0 aromatic carbocycles. The van der Waals surface area contributed by atoms with Crippen LogP contribution in [0.3, 0.4) is 0 Å². The summed E-state index contributed by atoms with van der Waals surface area (Å²) in [6, 6.07) is 2.46. The lowest BCUT2D eigenvalue weighted by molar-refractivity contribution is -0.122. The second-order valence-electron chi connectivity index (χ2n) is 4.51. The molecule has 2 heterocycles. The number of carboxylic acid groups (broad SMARTS) is 1. The number of aromatic nitrogens is 1. The third-order valence-electron chi connectivity index (χ3n) is 3.06. The highest BCUT2D eigenvalue weighted by Gasteiger charge is 2.40. The molecule has 0 radical (unpaired) electrons. The Morgan fingerprint density at radius 1 is 1.40 bits per heavy atom. The zero-order valence-electron chi connectivity index (χ0n) is 10.5. The molecule has 1 aliphatic rings. The Hall–Kier alpha value is -2.16. The molecule has 1 aromatic heterocycles. The molecule has 0 bridgehead atoms. The van der Waals surface area contributed by atoms with Gasteiger partial charge in [-0.1, -0.05) is 0 Å². The fourth-order valence-electron chi connectivity index (χ4n) is 1.96. The van der Waals surface area contributed by atoms with Gasteiger partial charge in [0, 0.05) is 13.2 Å². The molecule has 1 aromatic rings. The molecule has 1 N–H and O–H groups in total. The van der Waals surface area contributed by atoms with Gasteiger partial charge in [0.15, 0.2) is 9.84 Å². The van der Waals surface area contributed by atoms with Crippen molar-refractivity contribution in [2.24, 2.45) is 5.92 Å². The molecule has 1 amide bonds. The van der Waals surface area contributed by atoms with Crippen molar-refractivity contribution in [1.29, 1.82) is 0 Å². The Labute approximate surface area is 114 Å². The summed E-state index contributed by atoms with van der Waals surface area (Å²) < 4.78 is 23.0. The van der Waals surface area contributed by atoms with Gasteiger partial charge in [-0.2, -0.15) is 0 Å². The summed E-state index contributed by atoms with van der Waals surface area (Å²) in [5.41, 5.74) is -1.31. The van der Waals surface area contributed by atoms with E-state index in [1.165, 1.54) is 19.3 Å². The molecule has 2 rings (SSSR count). The average molecular weight is 300 g/mol. The highest BCUT2D eigenvalue weighted by atomic mass is 32.2. The van der Waals surface area contributed by atoms with Crippen LogP contribution in [0, 0.1) is 5.92 Å². The van der Waals surface area contributed by atoms with Gasteiger partial charge in [-0.05, 0) is 12.1 Å². The fraction of sp³-hybridized carbons (Fsp3) is 0.364. The first-order chi connectivity index (χ1) is 9.23. The maximum atomic E-state index is 12.0. The first-order valence-electron chi connectivity index (χ1n) is 5.66. The van der Waals surface area contributed by atoms with E-state index in [1.807, 2.05) is 0 Å². The summed E-state index contributed by atoms with van der Waals surface area (Å²) in [5.74, 6) is -3.11. The lowest BCUT2D eigenvalue weighted by atomic mass is 10.2. The Morgan fingerprint density at radius 2 is 2.00 bits per heavy atom. The van der Waals surface area contributed by atoms with Crippen LogP contribution in [0.2, 0.25) is 0 Å². The first-order valence-corrected chi connectivity index (χ1v) is 7.48. The van der Waals surface area contributed by atoms with E-state index in [2.05, 4.69) is 0 Å². The van der Waals surface area contributed by atoms with Gasteiger partial charge in [-0.15, -0.1) is 0 Å². The molecular weight excluding hydrogens is 288 g/mol. The van der Waals surface area contributed by atoms with E-state index in [-0.39, 0.29) is 11.5 Å². The van der Waals surface area contributed by atoms with Crippen molar-refractivity contribution in [2.75, 3.05) is 23.6 Å². The predicted octanol–water partition coefficient (Wildman–Crippen LogP) is -1.31. The van der Waals surface area contributed by atoms with Crippen molar-refractivity contribution < 1.29 is 23.1 Å². The lowest BCUT2D eigenvalue weighted by Gasteiger charge is -2.29. The molecule has 1 fully saturated rings. The number of amides is 1. The second-order valence-corrected chi connectivity index (χ2v) is 6.67. The molecule has 0 aliphatic carbocycles. The lowest BCUT2D eigenvalue weighted by Crippen LogP contribution is -2.53. The molecule has 0 unspecified atom stereocenters. The third-order valence-corrected chi connectivity index (χ3v) is 4.88. The van der Waals surface area contributed by atoms with E-state index < -0.39 is 38.8 Å². The third kappa shape index (κ3) is 2.44. The molecule has 0 spiro atoms. The van der Waals surface area contributed by atoms with E-state index in [0.29, 0.717) is 0 Å². The smallest absolute Gasteiger partial charge is 0.341 e. The highest BCUT2D eigenvalue weighted by molar-refractivity contribution is 7.92. The standard InChI is InChI=1S/C11H12N2O6S/c1-12(9(14)7-5-20(18,19)6-7)13-4-2-3-8(10(13)15)11(16)17/h2-4,7H,5-6H2,1H3,(H,16,17). The van der Waals surface area contributed by atoms with E-state index in [4.69, 9.17) is 5.11 Å². The van der Waals surface area contributed by atoms with E-state index in [9.17, 15) is 22.8 Å². The SMILES string of the molecule is CN(C(=O)C1CS(=O)(=O)C1)n1cccc(C(=O)O)c1=O. The van der Waals surface area contributed by atoms with Crippen molar-refractivity contribution in [3.8, 4) is 0 Å². The summed E-state index contributed by atoms with van der Waals surface area (Å²) in [6.07, 6.45) is 1.25. The van der Waals surface area contributed by atoms with Crippen LogP contribution < -0.4 is 10.6 Å². The minimum Gasteiger partial charge on any atom is -0.477 e.